The fourth-order valence-corrected chi connectivity index (χ4v) is 2.01. The van der Waals surface area contributed by atoms with Crippen LogP contribution in [0.4, 0.5) is 0 Å². The van der Waals surface area contributed by atoms with Gasteiger partial charge in [0.15, 0.2) is 0 Å². The molecule has 1 aromatic rings. The van der Waals surface area contributed by atoms with E-state index in [1.807, 2.05) is 49.3 Å². The first-order chi connectivity index (χ1) is 9.72. The van der Waals surface area contributed by atoms with Gasteiger partial charge in [-0.1, -0.05) is 30.3 Å². The Hall–Kier alpha value is -1.88. The number of benzene rings is 1. The van der Waals surface area contributed by atoms with Gasteiger partial charge in [0.05, 0.1) is 11.5 Å². The number of rotatable bonds is 7. The van der Waals surface area contributed by atoms with Crippen LogP contribution < -0.4 is 5.32 Å². The Morgan fingerprint density at radius 1 is 1.24 bits per heavy atom. The zero-order valence-corrected chi connectivity index (χ0v) is 13.1. The number of amides is 1. The third-order valence-corrected chi connectivity index (χ3v) is 3.27. The molecule has 0 aromatic heterocycles. The van der Waals surface area contributed by atoms with Crippen LogP contribution in [0.1, 0.15) is 31.9 Å². The minimum Gasteiger partial charge on any atom is -0.481 e. The molecule has 0 aliphatic heterocycles. The van der Waals surface area contributed by atoms with Crippen LogP contribution in [0.2, 0.25) is 0 Å². The standard InChI is InChI=1S/C16H24N2O3/c1-16(2,15(20)21)10-14(19)17-13(11-18(3)4)12-8-6-5-7-9-12/h5-9,13H,10-11H2,1-4H3,(H,17,19)(H,20,21). The molecule has 0 radical (unpaired) electrons. The first-order valence-electron chi connectivity index (χ1n) is 6.95. The van der Waals surface area contributed by atoms with Gasteiger partial charge in [-0.2, -0.15) is 0 Å². The van der Waals surface area contributed by atoms with E-state index in [0.717, 1.165) is 5.56 Å². The van der Waals surface area contributed by atoms with Crippen LogP contribution in [0.3, 0.4) is 0 Å². The van der Waals surface area contributed by atoms with Gasteiger partial charge in [0.1, 0.15) is 0 Å². The van der Waals surface area contributed by atoms with Gasteiger partial charge in [-0.15, -0.1) is 0 Å². The molecule has 21 heavy (non-hydrogen) atoms. The summed E-state index contributed by atoms with van der Waals surface area (Å²) in [5.41, 5.74) is -0.0589. The van der Waals surface area contributed by atoms with Crippen LogP contribution >= 0.6 is 0 Å². The lowest BCUT2D eigenvalue weighted by molar-refractivity contribution is -0.149. The summed E-state index contributed by atoms with van der Waals surface area (Å²) in [6, 6.07) is 9.52. The molecule has 1 atom stereocenters. The molecule has 0 bridgehead atoms. The maximum atomic E-state index is 12.1. The van der Waals surface area contributed by atoms with Gasteiger partial charge >= 0.3 is 5.97 Å². The van der Waals surface area contributed by atoms with Crippen LogP contribution in [-0.2, 0) is 9.59 Å². The number of carbonyl (C=O) groups is 2. The predicted molar refractivity (Wildman–Crippen MR) is 81.9 cm³/mol. The Morgan fingerprint density at radius 2 is 1.81 bits per heavy atom. The molecule has 2 N–H and O–H groups in total. The summed E-state index contributed by atoms with van der Waals surface area (Å²) in [4.78, 5) is 25.2. The number of hydrogen-bond donors (Lipinski definition) is 2. The Labute approximate surface area is 126 Å². The number of carboxylic acid groups (broad SMARTS) is 1. The zero-order valence-electron chi connectivity index (χ0n) is 13.1. The molecule has 1 unspecified atom stereocenters. The van der Waals surface area contributed by atoms with E-state index >= 15 is 0 Å². The van der Waals surface area contributed by atoms with E-state index in [1.165, 1.54) is 0 Å². The number of aliphatic carboxylic acids is 1. The summed E-state index contributed by atoms with van der Waals surface area (Å²) in [6.45, 7) is 3.76. The van der Waals surface area contributed by atoms with E-state index in [-0.39, 0.29) is 18.4 Å². The molecule has 0 saturated heterocycles. The number of nitrogens with one attached hydrogen (secondary N) is 1. The van der Waals surface area contributed by atoms with E-state index in [0.29, 0.717) is 6.54 Å². The molecule has 0 fully saturated rings. The van der Waals surface area contributed by atoms with Crippen LogP contribution in [0.15, 0.2) is 30.3 Å². The topological polar surface area (TPSA) is 69.6 Å². The van der Waals surface area contributed by atoms with Crippen molar-refractivity contribution in [2.45, 2.75) is 26.3 Å². The lowest BCUT2D eigenvalue weighted by Crippen LogP contribution is -2.38. The molecular weight excluding hydrogens is 268 g/mol. The van der Waals surface area contributed by atoms with Gasteiger partial charge in [-0.25, -0.2) is 0 Å². The molecule has 5 heteroatoms. The predicted octanol–water partition coefficient (Wildman–Crippen LogP) is 1.91. The van der Waals surface area contributed by atoms with Crippen LogP contribution in [0.25, 0.3) is 0 Å². The third kappa shape index (κ3) is 5.55. The molecule has 0 aliphatic carbocycles. The molecule has 0 spiro atoms. The third-order valence-electron chi connectivity index (χ3n) is 3.27. The number of hydrogen-bond acceptors (Lipinski definition) is 3. The lowest BCUT2D eigenvalue weighted by Gasteiger charge is -2.25. The first kappa shape index (κ1) is 17.2. The van der Waals surface area contributed by atoms with Gasteiger partial charge in [0, 0.05) is 13.0 Å². The van der Waals surface area contributed by atoms with Crippen molar-refractivity contribution in [1.82, 2.24) is 10.2 Å². The average molecular weight is 292 g/mol. The van der Waals surface area contributed by atoms with E-state index < -0.39 is 11.4 Å². The van der Waals surface area contributed by atoms with Gasteiger partial charge < -0.3 is 15.3 Å². The van der Waals surface area contributed by atoms with Crippen molar-refractivity contribution < 1.29 is 14.7 Å². The highest BCUT2D eigenvalue weighted by atomic mass is 16.4. The van der Waals surface area contributed by atoms with E-state index in [1.54, 1.807) is 13.8 Å². The largest absolute Gasteiger partial charge is 0.481 e. The number of nitrogens with zero attached hydrogens (tertiary/aromatic N) is 1. The Balaban J connectivity index is 2.78. The smallest absolute Gasteiger partial charge is 0.309 e. The number of likely N-dealkylation sites (N-methyl/N-ethyl adjacent to an activating group) is 1. The van der Waals surface area contributed by atoms with Gasteiger partial charge in [-0.05, 0) is 33.5 Å². The number of carbonyl (C=O) groups excluding carboxylic acids is 1. The summed E-state index contributed by atoms with van der Waals surface area (Å²) in [5, 5.41) is 12.0. The summed E-state index contributed by atoms with van der Waals surface area (Å²) in [6.07, 6.45) is -0.0426. The lowest BCUT2D eigenvalue weighted by atomic mass is 9.89. The van der Waals surface area contributed by atoms with Crippen LogP contribution in [0, 0.1) is 5.41 Å². The van der Waals surface area contributed by atoms with E-state index in [2.05, 4.69) is 5.32 Å². The van der Waals surface area contributed by atoms with Crippen LogP contribution in [-0.4, -0.2) is 42.5 Å². The molecule has 0 heterocycles. The molecular formula is C16H24N2O3. The van der Waals surface area contributed by atoms with Gasteiger partial charge in [0.2, 0.25) is 5.91 Å². The maximum absolute atomic E-state index is 12.1. The Bertz CT molecular complexity index is 484. The average Bonchev–Trinajstić information content (AvgIpc) is 2.37. The van der Waals surface area contributed by atoms with Crippen molar-refractivity contribution in [2.75, 3.05) is 20.6 Å². The highest BCUT2D eigenvalue weighted by Crippen LogP contribution is 2.21. The highest BCUT2D eigenvalue weighted by Gasteiger charge is 2.31. The van der Waals surface area contributed by atoms with Gasteiger partial charge in [-0.3, -0.25) is 9.59 Å². The molecule has 0 aliphatic rings. The molecule has 1 rings (SSSR count). The first-order valence-corrected chi connectivity index (χ1v) is 6.95. The van der Waals surface area contributed by atoms with Crippen molar-refractivity contribution in [3.05, 3.63) is 35.9 Å². The minimum atomic E-state index is -1.07. The SMILES string of the molecule is CN(C)CC(NC(=O)CC(C)(C)C(=O)O)c1ccccc1. The second-order valence-electron chi connectivity index (χ2n) is 6.16. The monoisotopic (exact) mass is 292 g/mol. The fourth-order valence-electron chi connectivity index (χ4n) is 2.01. The normalized spacial score (nSPS) is 13.0. The van der Waals surface area contributed by atoms with Crippen molar-refractivity contribution in [3.8, 4) is 0 Å². The highest BCUT2D eigenvalue weighted by molar-refractivity contribution is 5.84. The van der Waals surface area contributed by atoms with E-state index in [4.69, 9.17) is 5.11 Å². The summed E-state index contributed by atoms with van der Waals surface area (Å²) < 4.78 is 0. The minimum absolute atomic E-state index is 0.0426. The number of carboxylic acids is 1. The fraction of sp³-hybridized carbons (Fsp3) is 0.500. The summed E-state index contributed by atoms with van der Waals surface area (Å²) in [5.74, 6) is -1.22. The summed E-state index contributed by atoms with van der Waals surface area (Å²) in [7, 11) is 3.87. The second kappa shape index (κ2) is 7.22. The second-order valence-corrected chi connectivity index (χ2v) is 6.16. The zero-order chi connectivity index (χ0) is 16.0. The molecule has 1 aromatic carbocycles. The van der Waals surface area contributed by atoms with Crippen LogP contribution in [0.5, 0.6) is 0 Å². The Kier molecular flexibility index (Phi) is 5.90. The maximum Gasteiger partial charge on any atom is 0.309 e. The van der Waals surface area contributed by atoms with E-state index in [9.17, 15) is 9.59 Å². The van der Waals surface area contributed by atoms with Crippen molar-refractivity contribution in [1.29, 1.82) is 0 Å². The van der Waals surface area contributed by atoms with Crippen molar-refractivity contribution in [3.63, 3.8) is 0 Å². The molecule has 5 nitrogen and oxygen atoms in total. The van der Waals surface area contributed by atoms with Crippen molar-refractivity contribution in [2.24, 2.45) is 5.41 Å². The molecule has 116 valence electrons. The van der Waals surface area contributed by atoms with Crippen molar-refractivity contribution >= 4 is 11.9 Å². The molecule has 0 saturated carbocycles. The molecule has 1 amide bonds. The van der Waals surface area contributed by atoms with Gasteiger partial charge in [0.25, 0.3) is 0 Å². The Morgan fingerprint density at radius 3 is 2.29 bits per heavy atom. The summed E-state index contributed by atoms with van der Waals surface area (Å²) >= 11 is 0. The quantitative estimate of drug-likeness (QED) is 0.805.